The Morgan fingerprint density at radius 3 is 2.10 bits per heavy atom. The molecule has 1 amide bonds. The van der Waals surface area contributed by atoms with Crippen molar-refractivity contribution in [2.75, 3.05) is 41.0 Å². The molecule has 1 unspecified atom stereocenters. The zero-order valence-electron chi connectivity index (χ0n) is 27.1. The first-order valence-corrected chi connectivity index (χ1v) is 16.6. The molecule has 13 heteroatoms. The van der Waals surface area contributed by atoms with Gasteiger partial charge in [-0.3, -0.25) is 9.78 Å². The van der Waals surface area contributed by atoms with Crippen LogP contribution in [-0.4, -0.2) is 83.7 Å². The van der Waals surface area contributed by atoms with Crippen LogP contribution in [-0.2, 0) is 22.6 Å². The first kappa shape index (κ1) is 33.7. The molecular formula is C35H38Cl2N7O4+. The smallest absolute Gasteiger partial charge is 0.242 e. The lowest BCUT2D eigenvalue weighted by atomic mass is 9.98. The standard InChI is InChI=1S/C35H37Cl2N7O4/c1-44(18-21-12-13-48-20-21)19-30-35(47-3)43-28(17-40-30)26-9-5-7-24(33(26)37)23-6-4-8-25(32(23)36)27-16-39-29(34(42-27)46-2)15-38-14-22-10-11-31(45)41-22/h4-9,16-18,21-22,38H,10-15,19-20H2,1-3H3/p+1/t21?,22-/m0/s1. The lowest BCUT2D eigenvalue weighted by molar-refractivity contribution is -0.512. The van der Waals surface area contributed by atoms with Gasteiger partial charge in [0.15, 0.2) is 12.2 Å². The number of hydrogen-bond acceptors (Lipinski definition) is 9. The number of halogens is 2. The van der Waals surface area contributed by atoms with Crippen molar-refractivity contribution < 1.29 is 23.6 Å². The minimum atomic E-state index is 0.0855. The number of benzene rings is 2. The molecule has 0 bridgehead atoms. The summed E-state index contributed by atoms with van der Waals surface area (Å²) in [6.07, 6.45) is 7.97. The van der Waals surface area contributed by atoms with E-state index in [2.05, 4.69) is 26.4 Å². The second kappa shape index (κ2) is 15.4. The van der Waals surface area contributed by atoms with E-state index in [4.69, 9.17) is 52.4 Å². The predicted molar refractivity (Wildman–Crippen MR) is 185 cm³/mol. The third-order valence-corrected chi connectivity index (χ3v) is 9.26. The predicted octanol–water partition coefficient (Wildman–Crippen LogP) is 5.21. The van der Waals surface area contributed by atoms with E-state index in [0.717, 1.165) is 42.9 Å². The average Bonchev–Trinajstić information content (AvgIpc) is 3.77. The second-order valence-corrected chi connectivity index (χ2v) is 12.6. The zero-order chi connectivity index (χ0) is 33.6. The number of carbonyl (C=O) groups is 1. The summed E-state index contributed by atoms with van der Waals surface area (Å²) in [5, 5.41) is 7.24. The van der Waals surface area contributed by atoms with Crippen LogP contribution in [0.25, 0.3) is 33.6 Å². The Hall–Kier alpha value is -4.16. The van der Waals surface area contributed by atoms with Crippen LogP contribution in [0, 0.1) is 5.92 Å². The van der Waals surface area contributed by atoms with E-state index < -0.39 is 0 Å². The first-order chi connectivity index (χ1) is 23.3. The largest absolute Gasteiger partial charge is 0.480 e. The van der Waals surface area contributed by atoms with Crippen LogP contribution in [0.15, 0.2) is 48.8 Å². The zero-order valence-corrected chi connectivity index (χ0v) is 28.6. The molecule has 2 atom stereocenters. The minimum Gasteiger partial charge on any atom is -0.480 e. The molecule has 11 nitrogen and oxygen atoms in total. The lowest BCUT2D eigenvalue weighted by Crippen LogP contribution is -2.35. The van der Waals surface area contributed by atoms with Crippen molar-refractivity contribution in [3.8, 4) is 45.4 Å². The maximum absolute atomic E-state index is 11.5. The van der Waals surface area contributed by atoms with Crippen molar-refractivity contribution in [3.63, 3.8) is 0 Å². The van der Waals surface area contributed by atoms with Crippen molar-refractivity contribution >= 4 is 35.3 Å². The number of rotatable bonds is 12. The number of nitrogens with zero attached hydrogens (tertiary/aromatic N) is 5. The molecule has 0 aliphatic carbocycles. The number of carbonyl (C=O) groups excluding carboxylic acids is 1. The van der Waals surface area contributed by atoms with Gasteiger partial charge in [0.1, 0.15) is 19.0 Å². The van der Waals surface area contributed by atoms with Crippen LogP contribution in [0.2, 0.25) is 10.0 Å². The van der Waals surface area contributed by atoms with E-state index in [1.165, 1.54) is 0 Å². The monoisotopic (exact) mass is 690 g/mol. The number of aromatic nitrogens is 4. The van der Waals surface area contributed by atoms with Crippen molar-refractivity contribution in [2.45, 2.75) is 38.4 Å². The third kappa shape index (κ3) is 7.60. The van der Waals surface area contributed by atoms with E-state index in [1.54, 1.807) is 26.6 Å². The van der Waals surface area contributed by atoms with E-state index in [-0.39, 0.29) is 11.9 Å². The van der Waals surface area contributed by atoms with Gasteiger partial charge in [0.2, 0.25) is 17.7 Å². The van der Waals surface area contributed by atoms with Gasteiger partial charge in [-0.25, -0.2) is 19.5 Å². The lowest BCUT2D eigenvalue weighted by Gasteiger charge is -2.15. The molecule has 2 aliphatic heterocycles. The highest BCUT2D eigenvalue weighted by molar-refractivity contribution is 6.39. The summed E-state index contributed by atoms with van der Waals surface area (Å²) in [6.45, 7) is 3.17. The van der Waals surface area contributed by atoms with E-state index in [9.17, 15) is 4.79 Å². The van der Waals surface area contributed by atoms with Crippen LogP contribution in [0.5, 0.6) is 11.8 Å². The normalized spacial score (nSPS) is 17.9. The Morgan fingerprint density at radius 1 is 0.938 bits per heavy atom. The molecule has 2 aromatic carbocycles. The summed E-state index contributed by atoms with van der Waals surface area (Å²) >= 11 is 14.1. The summed E-state index contributed by atoms with van der Waals surface area (Å²) in [5.74, 6) is 1.31. The molecule has 2 fully saturated rings. The highest BCUT2D eigenvalue weighted by Gasteiger charge is 2.23. The van der Waals surface area contributed by atoms with Crippen molar-refractivity contribution in [1.82, 2.24) is 30.6 Å². The summed E-state index contributed by atoms with van der Waals surface area (Å²) in [5.41, 5.74) is 5.38. The van der Waals surface area contributed by atoms with Crippen molar-refractivity contribution in [3.05, 3.63) is 70.2 Å². The molecule has 2 N–H and O–H groups in total. The van der Waals surface area contributed by atoms with E-state index in [1.807, 2.05) is 43.4 Å². The van der Waals surface area contributed by atoms with Crippen molar-refractivity contribution in [1.29, 1.82) is 0 Å². The first-order valence-electron chi connectivity index (χ1n) is 15.9. The number of nitrogens with one attached hydrogen (secondary N) is 2. The molecule has 4 heterocycles. The van der Waals surface area contributed by atoms with Gasteiger partial charge >= 0.3 is 0 Å². The third-order valence-electron chi connectivity index (χ3n) is 8.45. The summed E-state index contributed by atoms with van der Waals surface area (Å²) in [4.78, 5) is 30.3. The molecule has 0 spiro atoms. The number of ether oxygens (including phenoxy) is 3. The van der Waals surface area contributed by atoms with Gasteiger partial charge in [-0.15, -0.1) is 0 Å². The molecule has 250 valence electrons. The Kier molecular flexibility index (Phi) is 10.8. The fourth-order valence-corrected chi connectivity index (χ4v) is 6.65. The van der Waals surface area contributed by atoms with Crippen molar-refractivity contribution in [2.24, 2.45) is 5.92 Å². The molecule has 2 aromatic heterocycles. The number of methoxy groups -OCH3 is 2. The van der Waals surface area contributed by atoms with Gasteiger partial charge in [-0.05, 0) is 12.8 Å². The van der Waals surface area contributed by atoms with Crippen LogP contribution < -0.4 is 20.1 Å². The van der Waals surface area contributed by atoms with Crippen LogP contribution in [0.4, 0.5) is 0 Å². The quantitative estimate of drug-likeness (QED) is 0.152. The van der Waals surface area contributed by atoms with E-state index in [0.29, 0.717) is 82.0 Å². The highest BCUT2D eigenvalue weighted by atomic mass is 35.5. The molecular weight excluding hydrogens is 653 g/mol. The minimum absolute atomic E-state index is 0.0855. The summed E-state index contributed by atoms with van der Waals surface area (Å²) in [7, 11) is 5.16. The van der Waals surface area contributed by atoms with Gasteiger partial charge < -0.3 is 24.8 Å². The highest BCUT2D eigenvalue weighted by Crippen LogP contribution is 2.42. The Morgan fingerprint density at radius 2 is 1.54 bits per heavy atom. The fourth-order valence-electron chi connectivity index (χ4n) is 6.00. The summed E-state index contributed by atoms with van der Waals surface area (Å²) < 4.78 is 18.8. The topological polar surface area (TPSA) is 123 Å². The van der Waals surface area contributed by atoms with E-state index >= 15 is 0 Å². The maximum Gasteiger partial charge on any atom is 0.242 e. The summed E-state index contributed by atoms with van der Waals surface area (Å²) in [6, 6.07) is 11.6. The Bertz CT molecular complexity index is 1830. The van der Waals surface area contributed by atoms with Gasteiger partial charge in [0.05, 0.1) is 60.6 Å². The molecule has 2 saturated heterocycles. The second-order valence-electron chi connectivity index (χ2n) is 11.9. The van der Waals surface area contributed by atoms with Gasteiger partial charge in [-0.2, -0.15) is 0 Å². The van der Waals surface area contributed by atoms with Gasteiger partial charge in [0, 0.05) is 54.4 Å². The van der Waals surface area contributed by atoms with Gasteiger partial charge in [0.25, 0.3) is 0 Å². The number of amides is 1. The number of hydrogen-bond donors (Lipinski definition) is 2. The molecule has 6 rings (SSSR count). The van der Waals surface area contributed by atoms with Crippen LogP contribution in [0.1, 0.15) is 30.7 Å². The molecule has 0 radical (unpaired) electrons. The van der Waals surface area contributed by atoms with Crippen LogP contribution >= 0.6 is 23.2 Å². The Labute approximate surface area is 289 Å². The molecule has 2 aliphatic rings. The Balaban J connectivity index is 1.23. The maximum atomic E-state index is 11.5. The SMILES string of the molecule is COc1nc(-c2cccc(-c3cccc(-c4cnc(C[N+](C)=CC5CCOC5)c(OC)n4)c3Cl)c2Cl)cnc1CNC[C@@H]1CCC(=O)N1. The fraction of sp³-hybridized carbons (Fsp3) is 0.371. The molecule has 48 heavy (non-hydrogen) atoms. The van der Waals surface area contributed by atoms with Gasteiger partial charge in [-0.1, -0.05) is 59.6 Å². The van der Waals surface area contributed by atoms with Crippen LogP contribution in [0.3, 0.4) is 0 Å². The average molecular weight is 692 g/mol. The molecule has 0 saturated carbocycles. The molecule has 4 aromatic rings.